The lowest BCUT2D eigenvalue weighted by atomic mass is 10.0. The average Bonchev–Trinajstić information content (AvgIpc) is 2.67. The molecule has 5 nitrogen and oxygen atoms in total. The highest BCUT2D eigenvalue weighted by atomic mass is 35.5. The van der Waals surface area contributed by atoms with Crippen molar-refractivity contribution in [1.82, 2.24) is 10.2 Å². The van der Waals surface area contributed by atoms with E-state index in [1.54, 1.807) is 12.1 Å². The Balaban J connectivity index is 1.79. The molecule has 1 aromatic rings. The Morgan fingerprint density at radius 1 is 1.45 bits per heavy atom. The number of carbonyl (C=O) groups is 1. The van der Waals surface area contributed by atoms with Crippen molar-refractivity contribution in [3.63, 3.8) is 0 Å². The number of nitrogens with zero attached hydrogens (tertiary/aromatic N) is 1. The third-order valence-corrected chi connectivity index (χ3v) is 5.33. The van der Waals surface area contributed by atoms with E-state index in [9.17, 15) is 4.79 Å². The number of amides is 1. The van der Waals surface area contributed by atoms with Crippen LogP contribution in [0, 0.1) is 0 Å². The van der Waals surface area contributed by atoms with Crippen LogP contribution in [0.4, 0.5) is 5.69 Å². The highest BCUT2D eigenvalue weighted by Crippen LogP contribution is 2.35. The van der Waals surface area contributed by atoms with Crippen molar-refractivity contribution in [2.45, 2.75) is 43.8 Å². The summed E-state index contributed by atoms with van der Waals surface area (Å²) in [4.78, 5) is 15.0. The molecule has 2 heterocycles. The van der Waals surface area contributed by atoms with E-state index >= 15 is 0 Å². The molecule has 3 atom stereocenters. The number of rotatable bonds is 3. The van der Waals surface area contributed by atoms with E-state index in [1.807, 2.05) is 0 Å². The van der Waals surface area contributed by atoms with Gasteiger partial charge in [-0.1, -0.05) is 18.0 Å². The minimum Gasteiger partial charge on any atom is -0.496 e. The monoisotopic (exact) mass is 323 g/mol. The molecule has 3 rings (SSSR count). The summed E-state index contributed by atoms with van der Waals surface area (Å²) >= 11 is 6.05. The van der Waals surface area contributed by atoms with Gasteiger partial charge in [0.15, 0.2) is 0 Å². The van der Waals surface area contributed by atoms with Crippen LogP contribution < -0.4 is 15.8 Å². The van der Waals surface area contributed by atoms with Crippen molar-refractivity contribution in [1.29, 1.82) is 0 Å². The standard InChI is InChI=1S/C16H22ClN3O2/c1-20-9-4-3-5-14(20)13(6-9)19-16(21)10-7-11(17)12(18)8-15(10)22-2/h7-9,13-14H,3-6,18H2,1-2H3,(H,19,21). The van der Waals surface area contributed by atoms with E-state index in [1.165, 1.54) is 20.0 Å². The molecule has 0 aromatic heterocycles. The van der Waals surface area contributed by atoms with Gasteiger partial charge in [0.05, 0.1) is 23.4 Å². The summed E-state index contributed by atoms with van der Waals surface area (Å²) in [6.45, 7) is 0. The fraction of sp³-hybridized carbons (Fsp3) is 0.562. The van der Waals surface area contributed by atoms with Gasteiger partial charge in [0.25, 0.3) is 5.91 Å². The summed E-state index contributed by atoms with van der Waals surface area (Å²) in [5.41, 5.74) is 6.61. The zero-order valence-electron chi connectivity index (χ0n) is 12.9. The van der Waals surface area contributed by atoms with Gasteiger partial charge in [0, 0.05) is 24.2 Å². The predicted molar refractivity (Wildman–Crippen MR) is 87.5 cm³/mol. The van der Waals surface area contributed by atoms with Crippen molar-refractivity contribution in [3.8, 4) is 5.75 Å². The number of benzene rings is 1. The first-order valence-corrected chi connectivity index (χ1v) is 8.05. The quantitative estimate of drug-likeness (QED) is 0.837. The maximum atomic E-state index is 12.6. The number of halogens is 1. The minimum absolute atomic E-state index is 0.148. The summed E-state index contributed by atoms with van der Waals surface area (Å²) in [6, 6.07) is 4.37. The van der Waals surface area contributed by atoms with Gasteiger partial charge in [-0.05, 0) is 32.4 Å². The van der Waals surface area contributed by atoms with Gasteiger partial charge in [0.2, 0.25) is 0 Å². The lowest BCUT2D eigenvalue weighted by molar-refractivity contribution is 0.0918. The van der Waals surface area contributed by atoms with Crippen LogP contribution in [0.1, 0.15) is 36.0 Å². The normalized spacial score (nSPS) is 27.7. The summed E-state index contributed by atoms with van der Waals surface area (Å²) < 4.78 is 5.26. The molecule has 1 amide bonds. The van der Waals surface area contributed by atoms with E-state index in [0.717, 1.165) is 12.8 Å². The molecule has 2 aliphatic heterocycles. The molecular formula is C16H22ClN3O2. The number of methoxy groups -OCH3 is 1. The van der Waals surface area contributed by atoms with Crippen LogP contribution in [0.3, 0.4) is 0 Å². The Morgan fingerprint density at radius 2 is 2.23 bits per heavy atom. The number of nitrogen functional groups attached to an aromatic ring is 1. The molecule has 2 bridgehead atoms. The number of anilines is 1. The maximum Gasteiger partial charge on any atom is 0.255 e. The first-order chi connectivity index (χ1) is 10.5. The number of hydrogen-bond donors (Lipinski definition) is 2. The van der Waals surface area contributed by atoms with E-state index in [2.05, 4.69) is 17.3 Å². The molecule has 0 radical (unpaired) electrons. The number of piperidine rings is 1. The molecule has 2 saturated heterocycles. The summed E-state index contributed by atoms with van der Waals surface area (Å²) in [6.07, 6.45) is 4.61. The van der Waals surface area contributed by atoms with Gasteiger partial charge in [-0.25, -0.2) is 0 Å². The highest BCUT2D eigenvalue weighted by Gasteiger charge is 2.42. The van der Waals surface area contributed by atoms with Crippen molar-refractivity contribution < 1.29 is 9.53 Å². The molecule has 6 heteroatoms. The number of nitrogens with one attached hydrogen (secondary N) is 1. The van der Waals surface area contributed by atoms with Crippen molar-refractivity contribution >= 4 is 23.2 Å². The third-order valence-electron chi connectivity index (χ3n) is 5.01. The van der Waals surface area contributed by atoms with Gasteiger partial charge in [-0.15, -0.1) is 0 Å². The van der Waals surface area contributed by atoms with Crippen LogP contribution >= 0.6 is 11.6 Å². The van der Waals surface area contributed by atoms with Crippen LogP contribution in [0.5, 0.6) is 5.75 Å². The second-order valence-corrected chi connectivity index (χ2v) is 6.61. The molecular weight excluding hydrogens is 302 g/mol. The smallest absolute Gasteiger partial charge is 0.255 e. The number of hydrogen-bond acceptors (Lipinski definition) is 4. The molecule has 120 valence electrons. The maximum absolute atomic E-state index is 12.6. The Kier molecular flexibility index (Phi) is 4.19. The molecule has 0 spiro atoms. The minimum atomic E-state index is -0.148. The van der Waals surface area contributed by atoms with Gasteiger partial charge in [-0.3, -0.25) is 9.69 Å². The van der Waals surface area contributed by atoms with Crippen LogP contribution in [0.15, 0.2) is 12.1 Å². The van der Waals surface area contributed by atoms with E-state index in [0.29, 0.717) is 34.1 Å². The summed E-state index contributed by atoms with van der Waals surface area (Å²) in [7, 11) is 3.68. The molecule has 2 fully saturated rings. The molecule has 1 aromatic carbocycles. The Bertz CT molecular complexity index is 593. The molecule has 3 unspecified atom stereocenters. The van der Waals surface area contributed by atoms with Crippen LogP contribution in [-0.2, 0) is 0 Å². The topological polar surface area (TPSA) is 67.6 Å². The molecule has 0 saturated carbocycles. The second-order valence-electron chi connectivity index (χ2n) is 6.21. The van der Waals surface area contributed by atoms with Crippen LogP contribution in [0.25, 0.3) is 0 Å². The summed E-state index contributed by atoms with van der Waals surface area (Å²) in [5.74, 6) is 0.304. The number of likely N-dealkylation sites (N-methyl/N-ethyl adjacent to an activating group) is 1. The largest absolute Gasteiger partial charge is 0.496 e. The number of fused-ring (bicyclic) bond motifs is 2. The van der Waals surface area contributed by atoms with Crippen molar-refractivity contribution in [2.75, 3.05) is 19.9 Å². The number of nitrogens with two attached hydrogens (primary N) is 1. The average molecular weight is 324 g/mol. The fourth-order valence-electron chi connectivity index (χ4n) is 3.78. The molecule has 22 heavy (non-hydrogen) atoms. The van der Waals surface area contributed by atoms with Gasteiger partial charge in [-0.2, -0.15) is 0 Å². The zero-order chi connectivity index (χ0) is 15.9. The van der Waals surface area contributed by atoms with Crippen LogP contribution in [-0.4, -0.2) is 43.1 Å². The lowest BCUT2D eigenvalue weighted by Gasteiger charge is -2.32. The first-order valence-electron chi connectivity index (χ1n) is 7.67. The van der Waals surface area contributed by atoms with Crippen molar-refractivity contribution in [3.05, 3.63) is 22.7 Å². The Morgan fingerprint density at radius 3 is 2.91 bits per heavy atom. The predicted octanol–water partition coefficient (Wildman–Crippen LogP) is 2.29. The fourth-order valence-corrected chi connectivity index (χ4v) is 3.94. The second kappa shape index (κ2) is 5.97. The van der Waals surface area contributed by atoms with Gasteiger partial charge in [0.1, 0.15) is 5.75 Å². The van der Waals surface area contributed by atoms with E-state index < -0.39 is 0 Å². The molecule has 0 aliphatic carbocycles. The third kappa shape index (κ3) is 2.63. The molecule has 2 aliphatic rings. The zero-order valence-corrected chi connectivity index (χ0v) is 13.7. The SMILES string of the molecule is COc1cc(N)c(Cl)cc1C(=O)NC1CC2CCCC1N2C. The van der Waals surface area contributed by atoms with E-state index in [4.69, 9.17) is 22.1 Å². The van der Waals surface area contributed by atoms with Gasteiger partial charge >= 0.3 is 0 Å². The van der Waals surface area contributed by atoms with Crippen molar-refractivity contribution in [2.24, 2.45) is 0 Å². The summed E-state index contributed by atoms with van der Waals surface area (Å²) in [5, 5.41) is 3.53. The Hall–Kier alpha value is -1.46. The number of ether oxygens (including phenoxy) is 1. The lowest BCUT2D eigenvalue weighted by Crippen LogP contribution is -2.45. The molecule has 3 N–H and O–H groups in total. The van der Waals surface area contributed by atoms with E-state index in [-0.39, 0.29) is 11.9 Å². The first kappa shape index (κ1) is 15.4. The number of carbonyl (C=O) groups excluding carboxylic acids is 1. The Labute approximate surface area is 135 Å². The van der Waals surface area contributed by atoms with Crippen LogP contribution in [0.2, 0.25) is 5.02 Å². The highest BCUT2D eigenvalue weighted by molar-refractivity contribution is 6.33. The van der Waals surface area contributed by atoms with Gasteiger partial charge < -0.3 is 15.8 Å².